The van der Waals surface area contributed by atoms with Gasteiger partial charge in [-0.3, -0.25) is 24.5 Å². The van der Waals surface area contributed by atoms with Gasteiger partial charge < -0.3 is 16.8 Å². The maximum atomic E-state index is 11.9. The first-order chi connectivity index (χ1) is 11.4. The van der Waals surface area contributed by atoms with E-state index in [9.17, 15) is 19.2 Å². The second-order valence-corrected chi connectivity index (χ2v) is 4.73. The second kappa shape index (κ2) is 7.05. The Kier molecular flexibility index (Phi) is 4.90. The fourth-order valence-corrected chi connectivity index (χ4v) is 1.92. The number of carbonyl (C=O) groups excluding carboxylic acids is 4. The van der Waals surface area contributed by atoms with Crippen LogP contribution >= 0.6 is 0 Å². The van der Waals surface area contributed by atoms with Crippen molar-refractivity contribution in [1.29, 1.82) is 0 Å². The summed E-state index contributed by atoms with van der Waals surface area (Å²) in [6, 6.07) is 12.0. The predicted molar refractivity (Wildman–Crippen MR) is 86.9 cm³/mol. The quantitative estimate of drug-likeness (QED) is 0.472. The zero-order valence-corrected chi connectivity index (χ0v) is 12.4. The van der Waals surface area contributed by atoms with Gasteiger partial charge in [0.15, 0.2) is 0 Å². The van der Waals surface area contributed by atoms with Crippen LogP contribution in [0.15, 0.2) is 48.5 Å². The van der Waals surface area contributed by atoms with Crippen LogP contribution in [0.25, 0.3) is 0 Å². The van der Waals surface area contributed by atoms with Crippen molar-refractivity contribution in [3.05, 3.63) is 59.7 Å². The molecule has 0 spiro atoms. The molecule has 0 aromatic heterocycles. The minimum absolute atomic E-state index is 0.0391. The van der Waals surface area contributed by atoms with Gasteiger partial charge in [0.2, 0.25) is 0 Å². The molecule has 0 unspecified atom stereocenters. The lowest BCUT2D eigenvalue weighted by atomic mass is 10.1. The number of rotatable bonds is 3. The molecule has 0 atom stereocenters. The summed E-state index contributed by atoms with van der Waals surface area (Å²) in [6.07, 6.45) is 0. The van der Waals surface area contributed by atoms with Crippen molar-refractivity contribution in [3.63, 3.8) is 0 Å². The second-order valence-electron chi connectivity index (χ2n) is 4.73. The number of anilines is 2. The minimum Gasteiger partial charge on any atom is -0.398 e. The number of amides is 4. The highest BCUT2D eigenvalue weighted by Crippen LogP contribution is 2.14. The number of imide groups is 1. The molecule has 0 saturated carbocycles. The van der Waals surface area contributed by atoms with E-state index in [1.54, 1.807) is 24.3 Å². The Labute approximate surface area is 136 Å². The lowest BCUT2D eigenvalue weighted by Gasteiger charge is -2.09. The van der Waals surface area contributed by atoms with Crippen molar-refractivity contribution in [2.75, 3.05) is 11.1 Å². The molecule has 2 aromatic rings. The maximum absolute atomic E-state index is 11.9. The van der Waals surface area contributed by atoms with Gasteiger partial charge in [-0.1, -0.05) is 24.3 Å². The first-order valence-corrected chi connectivity index (χ1v) is 6.80. The largest absolute Gasteiger partial charge is 0.398 e. The standard InChI is InChI=1S/C16H14N4O4/c17-11-7-3-1-5-9(11)14(22)20-16(24)15(23)19-12-8-4-2-6-10(12)13(18)21/h1-8H,17H2,(H2,18,21)(H,19,23)(H,20,22,24). The number of benzene rings is 2. The van der Waals surface area contributed by atoms with E-state index in [1.165, 1.54) is 24.3 Å². The van der Waals surface area contributed by atoms with Crippen LogP contribution in [0.5, 0.6) is 0 Å². The van der Waals surface area contributed by atoms with Crippen LogP contribution in [-0.4, -0.2) is 23.6 Å². The fraction of sp³-hybridized carbons (Fsp3) is 0. The lowest BCUT2D eigenvalue weighted by Crippen LogP contribution is -2.39. The van der Waals surface area contributed by atoms with Gasteiger partial charge in [-0.2, -0.15) is 0 Å². The molecule has 8 heteroatoms. The highest BCUT2D eigenvalue weighted by Gasteiger charge is 2.20. The Morgan fingerprint density at radius 2 is 1.38 bits per heavy atom. The molecule has 0 aliphatic rings. The van der Waals surface area contributed by atoms with Crippen molar-refractivity contribution in [1.82, 2.24) is 5.32 Å². The molecule has 0 fully saturated rings. The number of primary amides is 1. The Balaban J connectivity index is 2.08. The molecule has 0 bridgehead atoms. The molecule has 0 heterocycles. The summed E-state index contributed by atoms with van der Waals surface area (Å²) in [4.78, 5) is 46.9. The van der Waals surface area contributed by atoms with Crippen LogP contribution in [0.4, 0.5) is 11.4 Å². The zero-order chi connectivity index (χ0) is 17.7. The third-order valence-corrected chi connectivity index (χ3v) is 3.08. The highest BCUT2D eigenvalue weighted by atomic mass is 16.2. The summed E-state index contributed by atoms with van der Waals surface area (Å²) in [5, 5.41) is 4.15. The Morgan fingerprint density at radius 3 is 2.00 bits per heavy atom. The summed E-state index contributed by atoms with van der Waals surface area (Å²) < 4.78 is 0. The molecule has 122 valence electrons. The maximum Gasteiger partial charge on any atom is 0.316 e. The van der Waals surface area contributed by atoms with Crippen LogP contribution in [0.2, 0.25) is 0 Å². The van der Waals surface area contributed by atoms with Crippen LogP contribution in [0, 0.1) is 0 Å². The third kappa shape index (κ3) is 3.74. The fourth-order valence-electron chi connectivity index (χ4n) is 1.92. The van der Waals surface area contributed by atoms with Crippen molar-refractivity contribution >= 4 is 35.0 Å². The SMILES string of the molecule is NC(=O)c1ccccc1NC(=O)C(=O)NC(=O)c1ccccc1N. The number of para-hydroxylation sites is 2. The van der Waals surface area contributed by atoms with Gasteiger partial charge in [0, 0.05) is 5.69 Å². The van der Waals surface area contributed by atoms with E-state index in [-0.39, 0.29) is 22.5 Å². The van der Waals surface area contributed by atoms with Gasteiger partial charge in [0.1, 0.15) is 0 Å². The Bertz CT molecular complexity index is 832. The molecular formula is C16H14N4O4. The van der Waals surface area contributed by atoms with E-state index >= 15 is 0 Å². The topological polar surface area (TPSA) is 144 Å². The number of carbonyl (C=O) groups is 4. The third-order valence-electron chi connectivity index (χ3n) is 3.08. The number of hydrogen-bond donors (Lipinski definition) is 4. The summed E-state index contributed by atoms with van der Waals surface area (Å²) in [7, 11) is 0. The zero-order valence-electron chi connectivity index (χ0n) is 12.4. The molecule has 6 N–H and O–H groups in total. The van der Waals surface area contributed by atoms with E-state index in [1.807, 2.05) is 5.32 Å². The van der Waals surface area contributed by atoms with Gasteiger partial charge in [-0.15, -0.1) is 0 Å². The van der Waals surface area contributed by atoms with Crippen molar-refractivity contribution < 1.29 is 19.2 Å². The van der Waals surface area contributed by atoms with E-state index in [2.05, 4.69) is 5.32 Å². The molecule has 4 amide bonds. The molecule has 24 heavy (non-hydrogen) atoms. The summed E-state index contributed by atoms with van der Waals surface area (Å²) >= 11 is 0. The summed E-state index contributed by atoms with van der Waals surface area (Å²) in [5.74, 6) is -3.88. The van der Waals surface area contributed by atoms with E-state index in [4.69, 9.17) is 11.5 Å². The average Bonchev–Trinajstić information content (AvgIpc) is 2.55. The van der Waals surface area contributed by atoms with Crippen LogP contribution in [-0.2, 0) is 9.59 Å². The molecule has 0 saturated heterocycles. The molecule has 2 rings (SSSR count). The van der Waals surface area contributed by atoms with Gasteiger partial charge in [0.05, 0.1) is 16.8 Å². The first-order valence-electron chi connectivity index (χ1n) is 6.80. The Morgan fingerprint density at radius 1 is 0.792 bits per heavy atom. The first kappa shape index (κ1) is 16.7. The number of nitrogens with two attached hydrogens (primary N) is 2. The smallest absolute Gasteiger partial charge is 0.316 e. The van der Waals surface area contributed by atoms with Crippen LogP contribution in [0.3, 0.4) is 0 Å². The van der Waals surface area contributed by atoms with E-state index < -0.39 is 23.6 Å². The molecule has 0 aliphatic heterocycles. The monoisotopic (exact) mass is 326 g/mol. The molecule has 8 nitrogen and oxygen atoms in total. The van der Waals surface area contributed by atoms with E-state index in [0.29, 0.717) is 0 Å². The lowest BCUT2D eigenvalue weighted by molar-refractivity contribution is -0.135. The average molecular weight is 326 g/mol. The predicted octanol–water partition coefficient (Wildman–Crippen LogP) is 0.263. The van der Waals surface area contributed by atoms with Crippen molar-refractivity contribution in [2.24, 2.45) is 5.73 Å². The normalized spacial score (nSPS) is 9.83. The minimum atomic E-state index is -1.19. The molecule has 0 aliphatic carbocycles. The number of hydrogen-bond acceptors (Lipinski definition) is 5. The van der Waals surface area contributed by atoms with Crippen molar-refractivity contribution in [2.45, 2.75) is 0 Å². The van der Waals surface area contributed by atoms with Crippen LogP contribution in [0.1, 0.15) is 20.7 Å². The Hall–Kier alpha value is -3.68. The van der Waals surface area contributed by atoms with Gasteiger partial charge >= 0.3 is 11.8 Å². The number of nitrogen functional groups attached to an aromatic ring is 1. The van der Waals surface area contributed by atoms with Gasteiger partial charge in [0.25, 0.3) is 11.8 Å². The summed E-state index contributed by atoms with van der Waals surface area (Å²) in [5.41, 5.74) is 11.1. The van der Waals surface area contributed by atoms with Gasteiger partial charge in [-0.05, 0) is 24.3 Å². The van der Waals surface area contributed by atoms with Gasteiger partial charge in [-0.25, -0.2) is 0 Å². The summed E-state index contributed by atoms with van der Waals surface area (Å²) in [6.45, 7) is 0. The van der Waals surface area contributed by atoms with Crippen molar-refractivity contribution in [3.8, 4) is 0 Å². The molecular weight excluding hydrogens is 312 g/mol. The number of nitrogens with one attached hydrogen (secondary N) is 2. The van der Waals surface area contributed by atoms with Crippen LogP contribution < -0.4 is 22.1 Å². The van der Waals surface area contributed by atoms with E-state index in [0.717, 1.165) is 0 Å². The highest BCUT2D eigenvalue weighted by molar-refractivity contribution is 6.42. The molecule has 2 aromatic carbocycles. The molecule has 0 radical (unpaired) electrons.